The maximum Gasteiger partial charge on any atom is 0.389 e. The van der Waals surface area contributed by atoms with E-state index in [0.29, 0.717) is 13.0 Å². The zero-order valence-electron chi connectivity index (χ0n) is 9.22. The Bertz CT molecular complexity index is 295. The number of hydrogen-bond donors (Lipinski definition) is 1. The van der Waals surface area contributed by atoms with Crippen molar-refractivity contribution in [2.24, 2.45) is 5.92 Å². The zero-order chi connectivity index (χ0) is 12.0. The summed E-state index contributed by atoms with van der Waals surface area (Å²) in [6.45, 7) is 0.383. The molecule has 1 aromatic carbocycles. The molecule has 0 aliphatic carbocycles. The Kier molecular flexibility index (Phi) is 4.80. The van der Waals surface area contributed by atoms with Gasteiger partial charge < -0.3 is 5.32 Å². The van der Waals surface area contributed by atoms with Crippen LogP contribution in [0.4, 0.5) is 13.2 Å². The van der Waals surface area contributed by atoms with Crippen LogP contribution in [0.2, 0.25) is 0 Å². The maximum absolute atomic E-state index is 12.3. The van der Waals surface area contributed by atoms with E-state index in [9.17, 15) is 13.2 Å². The van der Waals surface area contributed by atoms with E-state index < -0.39 is 18.5 Å². The van der Waals surface area contributed by atoms with Gasteiger partial charge in [0.1, 0.15) is 0 Å². The fraction of sp³-hybridized carbons (Fsp3) is 0.500. The molecular weight excluding hydrogens is 215 g/mol. The average Bonchev–Trinajstić information content (AvgIpc) is 2.17. The predicted molar refractivity (Wildman–Crippen MR) is 58.2 cm³/mol. The van der Waals surface area contributed by atoms with Gasteiger partial charge in [-0.1, -0.05) is 30.3 Å². The Hall–Kier alpha value is -1.03. The summed E-state index contributed by atoms with van der Waals surface area (Å²) in [5.74, 6) is -0.396. The molecule has 0 heterocycles. The monoisotopic (exact) mass is 231 g/mol. The van der Waals surface area contributed by atoms with Gasteiger partial charge in [-0.3, -0.25) is 0 Å². The molecule has 0 radical (unpaired) electrons. The number of alkyl halides is 3. The van der Waals surface area contributed by atoms with Gasteiger partial charge in [-0.2, -0.15) is 13.2 Å². The van der Waals surface area contributed by atoms with E-state index in [1.807, 2.05) is 30.3 Å². The molecule has 1 aromatic rings. The van der Waals surface area contributed by atoms with E-state index in [-0.39, 0.29) is 0 Å². The van der Waals surface area contributed by atoms with Gasteiger partial charge in [-0.15, -0.1) is 0 Å². The predicted octanol–water partition coefficient (Wildman–Crippen LogP) is 3.02. The highest BCUT2D eigenvalue weighted by molar-refractivity contribution is 5.15. The molecule has 0 aliphatic rings. The molecule has 90 valence electrons. The van der Waals surface area contributed by atoms with E-state index >= 15 is 0 Å². The quantitative estimate of drug-likeness (QED) is 0.821. The van der Waals surface area contributed by atoms with Crippen LogP contribution in [0, 0.1) is 5.92 Å². The third-order valence-electron chi connectivity index (χ3n) is 2.38. The van der Waals surface area contributed by atoms with Crippen LogP contribution in [0.1, 0.15) is 12.0 Å². The Morgan fingerprint density at radius 2 is 1.81 bits per heavy atom. The molecule has 4 heteroatoms. The minimum atomic E-state index is -4.09. The number of nitrogens with one attached hydrogen (secondary N) is 1. The van der Waals surface area contributed by atoms with Crippen LogP contribution in [-0.2, 0) is 6.42 Å². The lowest BCUT2D eigenvalue weighted by Gasteiger charge is -2.18. The Labute approximate surface area is 93.7 Å². The van der Waals surface area contributed by atoms with Gasteiger partial charge in [0.15, 0.2) is 0 Å². The molecule has 0 aliphatic heterocycles. The molecule has 0 saturated carbocycles. The molecule has 1 rings (SSSR count). The van der Waals surface area contributed by atoms with E-state index in [2.05, 4.69) is 5.32 Å². The molecule has 16 heavy (non-hydrogen) atoms. The highest BCUT2D eigenvalue weighted by atomic mass is 19.4. The molecule has 0 bridgehead atoms. The average molecular weight is 231 g/mol. The second-order valence-electron chi connectivity index (χ2n) is 3.93. The van der Waals surface area contributed by atoms with Gasteiger partial charge >= 0.3 is 6.18 Å². The SMILES string of the molecule is CNCC(Cc1ccccc1)CC(F)(F)F. The molecule has 1 unspecified atom stereocenters. The second-order valence-corrected chi connectivity index (χ2v) is 3.93. The fourth-order valence-electron chi connectivity index (χ4n) is 1.78. The van der Waals surface area contributed by atoms with Crippen molar-refractivity contribution in [1.82, 2.24) is 5.32 Å². The molecule has 0 fully saturated rings. The number of hydrogen-bond acceptors (Lipinski definition) is 1. The summed E-state index contributed by atoms with van der Waals surface area (Å²) in [5, 5.41) is 2.81. The molecule has 0 saturated heterocycles. The van der Waals surface area contributed by atoms with Crippen molar-refractivity contribution < 1.29 is 13.2 Å². The summed E-state index contributed by atoms with van der Waals surface area (Å²) in [5.41, 5.74) is 0.951. The summed E-state index contributed by atoms with van der Waals surface area (Å²) < 4.78 is 36.9. The Morgan fingerprint density at radius 1 is 1.19 bits per heavy atom. The van der Waals surface area contributed by atoms with Crippen molar-refractivity contribution in [3.8, 4) is 0 Å². The molecule has 0 aromatic heterocycles. The van der Waals surface area contributed by atoms with Gasteiger partial charge in [0.25, 0.3) is 0 Å². The van der Waals surface area contributed by atoms with Crippen LogP contribution < -0.4 is 5.32 Å². The zero-order valence-corrected chi connectivity index (χ0v) is 9.22. The largest absolute Gasteiger partial charge is 0.389 e. The fourth-order valence-corrected chi connectivity index (χ4v) is 1.78. The lowest BCUT2D eigenvalue weighted by atomic mass is 9.96. The third-order valence-corrected chi connectivity index (χ3v) is 2.38. The van der Waals surface area contributed by atoms with Crippen molar-refractivity contribution in [3.63, 3.8) is 0 Å². The third kappa shape index (κ3) is 5.16. The first kappa shape index (κ1) is 13.0. The lowest BCUT2D eigenvalue weighted by molar-refractivity contribution is -0.144. The van der Waals surface area contributed by atoms with Crippen molar-refractivity contribution in [2.75, 3.05) is 13.6 Å². The molecule has 1 nitrogen and oxygen atoms in total. The van der Waals surface area contributed by atoms with Gasteiger partial charge in [0.2, 0.25) is 0 Å². The Morgan fingerprint density at radius 3 is 2.31 bits per heavy atom. The molecule has 0 spiro atoms. The topological polar surface area (TPSA) is 12.0 Å². The van der Waals surface area contributed by atoms with Gasteiger partial charge in [0.05, 0.1) is 0 Å². The van der Waals surface area contributed by atoms with E-state index in [1.165, 1.54) is 0 Å². The van der Waals surface area contributed by atoms with E-state index in [1.54, 1.807) is 7.05 Å². The highest BCUT2D eigenvalue weighted by Crippen LogP contribution is 2.26. The minimum Gasteiger partial charge on any atom is -0.319 e. The van der Waals surface area contributed by atoms with Crippen LogP contribution in [-0.4, -0.2) is 19.8 Å². The van der Waals surface area contributed by atoms with E-state index in [0.717, 1.165) is 5.56 Å². The van der Waals surface area contributed by atoms with Crippen LogP contribution >= 0.6 is 0 Å². The van der Waals surface area contributed by atoms with Crippen molar-refractivity contribution in [1.29, 1.82) is 0 Å². The van der Waals surface area contributed by atoms with Crippen LogP contribution in [0.3, 0.4) is 0 Å². The minimum absolute atomic E-state index is 0.383. The van der Waals surface area contributed by atoms with Gasteiger partial charge in [-0.25, -0.2) is 0 Å². The summed E-state index contributed by atoms with van der Waals surface area (Å²) >= 11 is 0. The van der Waals surface area contributed by atoms with E-state index in [4.69, 9.17) is 0 Å². The second kappa shape index (κ2) is 5.89. The molecule has 0 amide bonds. The van der Waals surface area contributed by atoms with Crippen molar-refractivity contribution in [2.45, 2.75) is 19.0 Å². The number of halogens is 3. The maximum atomic E-state index is 12.3. The number of rotatable bonds is 5. The number of benzene rings is 1. The van der Waals surface area contributed by atoms with Gasteiger partial charge in [0, 0.05) is 6.42 Å². The summed E-state index contributed by atoms with van der Waals surface area (Å²) in [4.78, 5) is 0. The van der Waals surface area contributed by atoms with Crippen LogP contribution in [0.15, 0.2) is 30.3 Å². The van der Waals surface area contributed by atoms with Gasteiger partial charge in [-0.05, 0) is 31.5 Å². The summed E-state index contributed by atoms with van der Waals surface area (Å²) in [6, 6.07) is 9.27. The lowest BCUT2D eigenvalue weighted by Crippen LogP contribution is -2.26. The highest BCUT2D eigenvalue weighted by Gasteiger charge is 2.31. The van der Waals surface area contributed by atoms with Crippen LogP contribution in [0.5, 0.6) is 0 Å². The van der Waals surface area contributed by atoms with Crippen LogP contribution in [0.25, 0.3) is 0 Å². The van der Waals surface area contributed by atoms with Crippen molar-refractivity contribution in [3.05, 3.63) is 35.9 Å². The normalized spacial score (nSPS) is 13.8. The summed E-state index contributed by atoms with van der Waals surface area (Å²) in [6.07, 6.45) is -4.36. The summed E-state index contributed by atoms with van der Waals surface area (Å²) in [7, 11) is 1.67. The first-order valence-electron chi connectivity index (χ1n) is 5.26. The first-order valence-corrected chi connectivity index (χ1v) is 5.26. The Balaban J connectivity index is 2.58. The standard InChI is InChI=1S/C12H16F3N/c1-16-9-11(8-12(13,14)15)7-10-5-3-2-4-6-10/h2-6,11,16H,7-9H2,1H3. The molecular formula is C12H16F3N. The smallest absolute Gasteiger partial charge is 0.319 e. The van der Waals surface area contributed by atoms with Crippen molar-refractivity contribution >= 4 is 0 Å². The molecule has 1 atom stereocenters. The molecule has 1 N–H and O–H groups in total. The first-order chi connectivity index (χ1) is 7.51.